The molecule has 0 spiro atoms. The highest BCUT2D eigenvalue weighted by molar-refractivity contribution is 5.75. The molecular formula is C13H20F2N2O3. The van der Waals surface area contributed by atoms with Crippen molar-refractivity contribution >= 4 is 6.03 Å². The van der Waals surface area contributed by atoms with E-state index in [2.05, 4.69) is 5.32 Å². The van der Waals surface area contributed by atoms with Crippen LogP contribution < -0.4 is 5.32 Å². The third-order valence-electron chi connectivity index (χ3n) is 3.39. The molecule has 0 saturated carbocycles. The van der Waals surface area contributed by atoms with Crippen molar-refractivity contribution in [1.29, 1.82) is 0 Å². The maximum Gasteiger partial charge on any atom is 0.318 e. The predicted molar refractivity (Wildman–Crippen MR) is 68.9 cm³/mol. The molecule has 1 atom stereocenters. The smallest absolute Gasteiger partial charge is 0.318 e. The Bertz CT molecular complexity index is 364. The lowest BCUT2D eigenvalue weighted by Crippen LogP contribution is -2.53. The summed E-state index contributed by atoms with van der Waals surface area (Å²) in [7, 11) is 0. The molecule has 0 aromatic heterocycles. The van der Waals surface area contributed by atoms with E-state index in [1.807, 2.05) is 6.08 Å². The Kier molecular flexibility index (Phi) is 5.72. The van der Waals surface area contributed by atoms with Crippen molar-refractivity contribution in [1.82, 2.24) is 10.2 Å². The number of nitrogens with one attached hydrogen (secondary N) is 1. The highest BCUT2D eigenvalue weighted by atomic mass is 19.3. The number of hydrogen-bond donors (Lipinski definition) is 1. The van der Waals surface area contributed by atoms with Crippen LogP contribution in [0.15, 0.2) is 11.6 Å². The minimum atomic E-state index is -2.44. The molecule has 1 fully saturated rings. The highest BCUT2D eigenvalue weighted by Crippen LogP contribution is 2.15. The quantitative estimate of drug-likeness (QED) is 0.796. The minimum absolute atomic E-state index is 0.170. The molecule has 5 nitrogen and oxygen atoms in total. The Morgan fingerprint density at radius 3 is 3.00 bits per heavy atom. The second-order valence-electron chi connectivity index (χ2n) is 4.91. The van der Waals surface area contributed by atoms with Gasteiger partial charge < -0.3 is 19.7 Å². The summed E-state index contributed by atoms with van der Waals surface area (Å²) in [5.41, 5.74) is 1.02. The Labute approximate surface area is 116 Å². The molecule has 2 amide bonds. The largest absolute Gasteiger partial charge is 0.377 e. The van der Waals surface area contributed by atoms with E-state index in [9.17, 15) is 13.6 Å². The van der Waals surface area contributed by atoms with Gasteiger partial charge in [0.1, 0.15) is 0 Å². The fraction of sp³-hybridized carbons (Fsp3) is 0.769. The Hall–Kier alpha value is -1.21. The first kappa shape index (κ1) is 15.2. The average molecular weight is 290 g/mol. The van der Waals surface area contributed by atoms with E-state index < -0.39 is 12.5 Å². The normalized spacial score (nSPS) is 23.6. The second kappa shape index (κ2) is 7.54. The monoisotopic (exact) mass is 290 g/mol. The van der Waals surface area contributed by atoms with Crippen molar-refractivity contribution in [3.05, 3.63) is 11.6 Å². The number of carbonyl (C=O) groups excluding carboxylic acids is 1. The molecule has 0 aliphatic carbocycles. The zero-order valence-electron chi connectivity index (χ0n) is 11.3. The van der Waals surface area contributed by atoms with E-state index >= 15 is 0 Å². The van der Waals surface area contributed by atoms with E-state index in [0.29, 0.717) is 32.9 Å². The van der Waals surface area contributed by atoms with Crippen LogP contribution in [0.1, 0.15) is 12.8 Å². The third kappa shape index (κ3) is 4.42. The van der Waals surface area contributed by atoms with Crippen molar-refractivity contribution in [3.8, 4) is 0 Å². The summed E-state index contributed by atoms with van der Waals surface area (Å²) in [4.78, 5) is 13.5. The van der Waals surface area contributed by atoms with E-state index in [-0.39, 0.29) is 19.1 Å². The van der Waals surface area contributed by atoms with Crippen LogP contribution in [0.5, 0.6) is 0 Å². The fourth-order valence-electron chi connectivity index (χ4n) is 2.35. The molecule has 1 unspecified atom stereocenters. The van der Waals surface area contributed by atoms with Crippen molar-refractivity contribution in [2.24, 2.45) is 0 Å². The zero-order chi connectivity index (χ0) is 14.4. The highest BCUT2D eigenvalue weighted by Gasteiger charge is 2.29. The van der Waals surface area contributed by atoms with Gasteiger partial charge in [-0.15, -0.1) is 0 Å². The lowest BCUT2D eigenvalue weighted by molar-refractivity contribution is -0.0120. The van der Waals surface area contributed by atoms with Gasteiger partial charge in [0.25, 0.3) is 0 Å². The maximum atomic E-state index is 12.5. The molecule has 2 rings (SSSR count). The van der Waals surface area contributed by atoms with E-state index in [0.717, 1.165) is 12.0 Å². The topological polar surface area (TPSA) is 50.8 Å². The van der Waals surface area contributed by atoms with Crippen LogP contribution in [0.4, 0.5) is 13.6 Å². The summed E-state index contributed by atoms with van der Waals surface area (Å²) in [5, 5.41) is 2.76. The predicted octanol–water partition coefficient (Wildman–Crippen LogP) is 1.40. The molecule has 2 aliphatic heterocycles. The first-order valence-electron chi connectivity index (χ1n) is 6.83. The molecular weight excluding hydrogens is 270 g/mol. The molecule has 2 aliphatic rings. The van der Waals surface area contributed by atoms with Gasteiger partial charge in [0, 0.05) is 19.5 Å². The van der Waals surface area contributed by atoms with Crippen LogP contribution in [0.3, 0.4) is 0 Å². The summed E-state index contributed by atoms with van der Waals surface area (Å²) in [6, 6.07) is -0.870. The molecule has 0 bridgehead atoms. The molecule has 1 N–H and O–H groups in total. The fourth-order valence-corrected chi connectivity index (χ4v) is 2.35. The van der Waals surface area contributed by atoms with Crippen LogP contribution >= 0.6 is 0 Å². The van der Waals surface area contributed by atoms with Crippen LogP contribution in [-0.4, -0.2) is 62.9 Å². The molecule has 1 saturated heterocycles. The Balaban J connectivity index is 1.83. The number of halogens is 2. The number of morpholine rings is 1. The van der Waals surface area contributed by atoms with Crippen LogP contribution in [0.25, 0.3) is 0 Å². The summed E-state index contributed by atoms with van der Waals surface area (Å²) in [5.74, 6) is 0. The van der Waals surface area contributed by atoms with Crippen LogP contribution in [-0.2, 0) is 9.47 Å². The molecule has 114 valence electrons. The van der Waals surface area contributed by atoms with E-state index in [1.54, 1.807) is 0 Å². The summed E-state index contributed by atoms with van der Waals surface area (Å²) in [6.07, 6.45) is 0.0990. The second-order valence-corrected chi connectivity index (χ2v) is 4.91. The Morgan fingerprint density at radius 2 is 2.30 bits per heavy atom. The third-order valence-corrected chi connectivity index (χ3v) is 3.39. The van der Waals surface area contributed by atoms with Gasteiger partial charge in [0.15, 0.2) is 0 Å². The summed E-state index contributed by atoms with van der Waals surface area (Å²) >= 11 is 0. The number of nitrogens with zero attached hydrogens (tertiary/aromatic N) is 1. The molecule has 20 heavy (non-hydrogen) atoms. The standard InChI is InChI=1S/C13H20F2N2O3/c14-12(15)6-11-9-20-5-3-17(11)13(18)16-7-10-2-1-4-19-8-10/h2,11-12H,1,3-9H2,(H,16,18). The van der Waals surface area contributed by atoms with Gasteiger partial charge in [0.2, 0.25) is 6.43 Å². The van der Waals surface area contributed by atoms with Gasteiger partial charge >= 0.3 is 6.03 Å². The molecule has 7 heteroatoms. The van der Waals surface area contributed by atoms with Gasteiger partial charge in [-0.05, 0) is 12.0 Å². The maximum absolute atomic E-state index is 12.5. The van der Waals surface area contributed by atoms with Gasteiger partial charge in [-0.25, -0.2) is 13.6 Å². The number of carbonyl (C=O) groups is 1. The number of alkyl halides is 2. The first-order chi connectivity index (χ1) is 9.66. The van der Waals surface area contributed by atoms with Gasteiger partial charge in [0.05, 0.1) is 32.5 Å². The lowest BCUT2D eigenvalue weighted by atomic mass is 10.1. The molecule has 0 aromatic rings. The van der Waals surface area contributed by atoms with E-state index in [1.165, 1.54) is 4.90 Å². The number of urea groups is 1. The van der Waals surface area contributed by atoms with Crippen LogP contribution in [0, 0.1) is 0 Å². The Morgan fingerprint density at radius 1 is 1.45 bits per heavy atom. The van der Waals surface area contributed by atoms with Gasteiger partial charge in [-0.3, -0.25) is 0 Å². The number of hydrogen-bond acceptors (Lipinski definition) is 3. The first-order valence-corrected chi connectivity index (χ1v) is 6.83. The summed E-state index contributed by atoms with van der Waals surface area (Å²) in [6.45, 7) is 2.53. The molecule has 0 radical (unpaired) electrons. The van der Waals surface area contributed by atoms with Crippen LogP contribution in [0.2, 0.25) is 0 Å². The minimum Gasteiger partial charge on any atom is -0.377 e. The number of amides is 2. The zero-order valence-corrected chi connectivity index (χ0v) is 11.3. The van der Waals surface area contributed by atoms with Crippen molar-refractivity contribution < 1.29 is 23.0 Å². The average Bonchev–Trinajstić information content (AvgIpc) is 2.46. The van der Waals surface area contributed by atoms with E-state index in [4.69, 9.17) is 9.47 Å². The summed E-state index contributed by atoms with van der Waals surface area (Å²) < 4.78 is 35.4. The number of ether oxygens (including phenoxy) is 2. The van der Waals surface area contributed by atoms with Gasteiger partial charge in [-0.1, -0.05) is 6.08 Å². The van der Waals surface area contributed by atoms with Gasteiger partial charge in [-0.2, -0.15) is 0 Å². The molecule has 0 aromatic carbocycles. The van der Waals surface area contributed by atoms with Crippen molar-refractivity contribution in [2.45, 2.75) is 25.3 Å². The molecule has 2 heterocycles. The lowest BCUT2D eigenvalue weighted by Gasteiger charge is -2.35. The van der Waals surface area contributed by atoms with Crippen molar-refractivity contribution in [3.63, 3.8) is 0 Å². The number of rotatable bonds is 4. The SMILES string of the molecule is O=C(NCC1=CCCOC1)N1CCOCC1CC(F)F. The van der Waals surface area contributed by atoms with Crippen molar-refractivity contribution in [2.75, 3.05) is 39.5 Å².